The van der Waals surface area contributed by atoms with Gasteiger partial charge in [-0.05, 0) is 49.4 Å². The number of hydrogen-bond donors (Lipinski definition) is 2. The van der Waals surface area contributed by atoms with Gasteiger partial charge in [0, 0.05) is 29.4 Å². The fourth-order valence-corrected chi connectivity index (χ4v) is 3.65. The molecule has 0 fully saturated rings. The number of amides is 1. The van der Waals surface area contributed by atoms with Crippen molar-refractivity contribution >= 4 is 23.3 Å². The lowest BCUT2D eigenvalue weighted by atomic mass is 10.1. The van der Waals surface area contributed by atoms with Crippen LogP contribution >= 0.6 is 0 Å². The van der Waals surface area contributed by atoms with Gasteiger partial charge in [0.2, 0.25) is 0 Å². The standard InChI is InChI=1S/C25H24N2O5/c1-16-3-5-17(6-4-16)24(28)26-19-8-10-22(21(13-19)25(29)30)27-11-12-32-23-14-20(31-2)9-7-18(23)15-27/h3-10,13-14H,11-12,15H2,1-2H3,(H,26,28)(H,29,30). The van der Waals surface area contributed by atoms with Crippen LogP contribution in [0, 0.1) is 6.92 Å². The molecule has 0 radical (unpaired) electrons. The number of carboxylic acid groups (broad SMARTS) is 1. The van der Waals surface area contributed by atoms with Crippen molar-refractivity contribution in [1.82, 2.24) is 0 Å². The Morgan fingerprint density at radius 1 is 1.06 bits per heavy atom. The number of carbonyl (C=O) groups is 2. The molecule has 164 valence electrons. The lowest BCUT2D eigenvalue weighted by Crippen LogP contribution is -2.27. The fourth-order valence-electron chi connectivity index (χ4n) is 3.65. The van der Waals surface area contributed by atoms with Crippen molar-refractivity contribution in [1.29, 1.82) is 0 Å². The van der Waals surface area contributed by atoms with Crippen LogP contribution in [0.25, 0.3) is 0 Å². The van der Waals surface area contributed by atoms with Gasteiger partial charge in [0.05, 0.1) is 24.9 Å². The molecule has 1 amide bonds. The second kappa shape index (κ2) is 9.01. The minimum absolute atomic E-state index is 0.115. The van der Waals surface area contributed by atoms with E-state index in [1.54, 1.807) is 31.4 Å². The van der Waals surface area contributed by atoms with E-state index in [0.29, 0.717) is 42.4 Å². The van der Waals surface area contributed by atoms with E-state index in [4.69, 9.17) is 9.47 Å². The van der Waals surface area contributed by atoms with Crippen LogP contribution in [-0.4, -0.2) is 37.2 Å². The average molecular weight is 432 g/mol. The molecule has 7 nitrogen and oxygen atoms in total. The summed E-state index contributed by atoms with van der Waals surface area (Å²) in [6.45, 7) is 3.37. The summed E-state index contributed by atoms with van der Waals surface area (Å²) >= 11 is 0. The number of anilines is 2. The molecule has 1 aliphatic heterocycles. The van der Waals surface area contributed by atoms with Gasteiger partial charge in [0.1, 0.15) is 18.1 Å². The number of nitrogens with zero attached hydrogens (tertiary/aromatic N) is 1. The Morgan fingerprint density at radius 2 is 1.84 bits per heavy atom. The number of aromatic carboxylic acids is 1. The van der Waals surface area contributed by atoms with Crippen LogP contribution in [0.2, 0.25) is 0 Å². The van der Waals surface area contributed by atoms with E-state index in [1.807, 2.05) is 42.2 Å². The van der Waals surface area contributed by atoms with Gasteiger partial charge in [-0.25, -0.2) is 4.79 Å². The first kappa shape index (κ1) is 21.2. The highest BCUT2D eigenvalue weighted by Crippen LogP contribution is 2.32. The fraction of sp³-hybridized carbons (Fsp3) is 0.200. The van der Waals surface area contributed by atoms with Crippen molar-refractivity contribution in [3.63, 3.8) is 0 Å². The third-order valence-corrected chi connectivity index (χ3v) is 5.39. The molecular weight excluding hydrogens is 408 g/mol. The largest absolute Gasteiger partial charge is 0.497 e. The van der Waals surface area contributed by atoms with Crippen LogP contribution in [0.5, 0.6) is 11.5 Å². The van der Waals surface area contributed by atoms with Gasteiger partial charge in [-0.15, -0.1) is 0 Å². The van der Waals surface area contributed by atoms with Gasteiger partial charge in [0.15, 0.2) is 0 Å². The van der Waals surface area contributed by atoms with Crippen molar-refractivity contribution < 1.29 is 24.2 Å². The van der Waals surface area contributed by atoms with Crippen molar-refractivity contribution in [3.05, 3.63) is 82.9 Å². The second-order valence-corrected chi connectivity index (χ2v) is 7.60. The summed E-state index contributed by atoms with van der Waals surface area (Å²) in [4.78, 5) is 26.5. The van der Waals surface area contributed by atoms with Gasteiger partial charge < -0.3 is 24.8 Å². The molecule has 4 rings (SSSR count). The van der Waals surface area contributed by atoms with Crippen LogP contribution in [0.3, 0.4) is 0 Å². The van der Waals surface area contributed by atoms with Gasteiger partial charge in [-0.2, -0.15) is 0 Å². The van der Waals surface area contributed by atoms with Gasteiger partial charge in [0.25, 0.3) is 5.91 Å². The lowest BCUT2D eigenvalue weighted by Gasteiger charge is -2.24. The number of carboxylic acids is 1. The molecule has 3 aromatic carbocycles. The summed E-state index contributed by atoms with van der Waals surface area (Å²) in [5, 5.41) is 12.6. The smallest absolute Gasteiger partial charge is 0.337 e. The molecular formula is C25H24N2O5. The molecule has 7 heteroatoms. The number of carbonyl (C=O) groups excluding carboxylic acids is 1. The zero-order chi connectivity index (χ0) is 22.7. The maximum Gasteiger partial charge on any atom is 0.337 e. The van der Waals surface area contributed by atoms with E-state index in [2.05, 4.69) is 5.32 Å². The molecule has 0 atom stereocenters. The first-order chi connectivity index (χ1) is 15.4. The van der Waals surface area contributed by atoms with E-state index < -0.39 is 5.97 Å². The summed E-state index contributed by atoms with van der Waals surface area (Å²) in [5.74, 6) is 0.0782. The third kappa shape index (κ3) is 4.51. The maximum absolute atomic E-state index is 12.5. The molecule has 1 aliphatic rings. The minimum atomic E-state index is -1.06. The predicted molar refractivity (Wildman–Crippen MR) is 122 cm³/mol. The average Bonchev–Trinajstić information content (AvgIpc) is 3.01. The molecule has 0 aliphatic carbocycles. The molecule has 0 aromatic heterocycles. The molecule has 0 unspecified atom stereocenters. The number of ether oxygens (including phenoxy) is 2. The van der Waals surface area contributed by atoms with Crippen molar-refractivity contribution in [2.75, 3.05) is 30.5 Å². The Hall–Kier alpha value is -4.00. The third-order valence-electron chi connectivity index (χ3n) is 5.39. The summed E-state index contributed by atoms with van der Waals surface area (Å²) in [7, 11) is 1.60. The zero-order valence-electron chi connectivity index (χ0n) is 17.9. The molecule has 2 N–H and O–H groups in total. The van der Waals surface area contributed by atoms with Crippen molar-refractivity contribution in [2.45, 2.75) is 13.5 Å². The first-order valence-corrected chi connectivity index (χ1v) is 10.2. The Morgan fingerprint density at radius 3 is 2.56 bits per heavy atom. The number of nitrogens with one attached hydrogen (secondary N) is 1. The maximum atomic E-state index is 12.5. The SMILES string of the molecule is COc1ccc2c(c1)OCCN(c1ccc(NC(=O)c3ccc(C)cc3)cc1C(=O)O)C2. The molecule has 32 heavy (non-hydrogen) atoms. The minimum Gasteiger partial charge on any atom is -0.497 e. The Bertz CT molecular complexity index is 1160. The highest BCUT2D eigenvalue weighted by molar-refractivity contribution is 6.05. The molecule has 0 saturated heterocycles. The summed E-state index contributed by atoms with van der Waals surface area (Å²) in [5.41, 5.74) is 3.61. The molecule has 0 spiro atoms. The number of hydrogen-bond acceptors (Lipinski definition) is 5. The number of fused-ring (bicyclic) bond motifs is 1. The number of aryl methyl sites for hydroxylation is 1. The predicted octanol–water partition coefficient (Wildman–Crippen LogP) is 4.35. The molecule has 0 saturated carbocycles. The van der Waals surface area contributed by atoms with Crippen molar-refractivity contribution in [2.24, 2.45) is 0 Å². The van der Waals surface area contributed by atoms with Crippen LogP contribution < -0.4 is 19.7 Å². The second-order valence-electron chi connectivity index (χ2n) is 7.60. The van der Waals surface area contributed by atoms with Gasteiger partial charge in [-0.3, -0.25) is 4.79 Å². The summed E-state index contributed by atoms with van der Waals surface area (Å²) < 4.78 is 11.1. The summed E-state index contributed by atoms with van der Waals surface area (Å²) in [6, 6.07) is 17.7. The van der Waals surface area contributed by atoms with E-state index in [9.17, 15) is 14.7 Å². The molecule has 1 heterocycles. The van der Waals surface area contributed by atoms with Gasteiger partial charge >= 0.3 is 5.97 Å². The summed E-state index contributed by atoms with van der Waals surface area (Å²) in [6.07, 6.45) is 0. The topological polar surface area (TPSA) is 88.1 Å². The number of benzene rings is 3. The Balaban J connectivity index is 1.59. The highest BCUT2D eigenvalue weighted by atomic mass is 16.5. The Kier molecular flexibility index (Phi) is 5.98. The highest BCUT2D eigenvalue weighted by Gasteiger charge is 2.22. The molecule has 3 aromatic rings. The molecule has 0 bridgehead atoms. The van der Waals surface area contributed by atoms with Crippen LogP contribution in [0.15, 0.2) is 60.7 Å². The van der Waals surface area contributed by atoms with E-state index >= 15 is 0 Å². The van der Waals surface area contributed by atoms with E-state index in [1.165, 1.54) is 6.07 Å². The van der Waals surface area contributed by atoms with Crippen LogP contribution in [-0.2, 0) is 6.54 Å². The van der Waals surface area contributed by atoms with Crippen LogP contribution in [0.1, 0.15) is 31.8 Å². The zero-order valence-corrected chi connectivity index (χ0v) is 17.9. The van der Waals surface area contributed by atoms with E-state index in [0.717, 1.165) is 16.9 Å². The number of rotatable bonds is 5. The lowest BCUT2D eigenvalue weighted by molar-refractivity contribution is 0.0697. The number of methoxy groups -OCH3 is 1. The van der Waals surface area contributed by atoms with Crippen LogP contribution in [0.4, 0.5) is 11.4 Å². The van der Waals surface area contributed by atoms with E-state index in [-0.39, 0.29) is 11.5 Å². The van der Waals surface area contributed by atoms with Gasteiger partial charge in [-0.1, -0.05) is 17.7 Å². The first-order valence-electron chi connectivity index (χ1n) is 10.2. The Labute approximate surface area is 186 Å². The quantitative estimate of drug-likeness (QED) is 0.623. The normalized spacial score (nSPS) is 12.9. The monoisotopic (exact) mass is 432 g/mol. The van der Waals surface area contributed by atoms with Crippen molar-refractivity contribution in [3.8, 4) is 11.5 Å².